The number of hydrogen-bond acceptors (Lipinski definition) is 5. The van der Waals surface area contributed by atoms with Crippen LogP contribution < -0.4 is 10.2 Å². The summed E-state index contributed by atoms with van der Waals surface area (Å²) in [6.07, 6.45) is 6.37. The summed E-state index contributed by atoms with van der Waals surface area (Å²) in [4.78, 5) is 20.6. The van der Waals surface area contributed by atoms with Crippen LogP contribution in [0.4, 0.5) is 11.5 Å². The number of pyridine rings is 1. The van der Waals surface area contributed by atoms with Crippen molar-refractivity contribution in [2.45, 2.75) is 25.7 Å². The number of nitrogens with zero attached hydrogens (tertiary/aromatic N) is 2. The maximum atomic E-state index is 12.6. The molecule has 0 atom stereocenters. The molecule has 24 heavy (non-hydrogen) atoms. The lowest BCUT2D eigenvalue weighted by molar-refractivity contribution is 0.102. The monoisotopic (exact) mass is 343 g/mol. The molecule has 4 rings (SSSR count). The van der Waals surface area contributed by atoms with Gasteiger partial charge in [-0.2, -0.15) is 0 Å². The Balaban J connectivity index is 1.45. The quantitative estimate of drug-likeness (QED) is 0.930. The summed E-state index contributed by atoms with van der Waals surface area (Å²) >= 11 is 1.71. The molecule has 1 aliphatic heterocycles. The molecule has 0 unspecified atom stereocenters. The Morgan fingerprint density at radius 3 is 2.83 bits per heavy atom. The van der Waals surface area contributed by atoms with E-state index in [1.165, 1.54) is 23.3 Å². The zero-order valence-corrected chi connectivity index (χ0v) is 14.4. The smallest absolute Gasteiger partial charge is 0.257 e. The zero-order valence-electron chi connectivity index (χ0n) is 13.6. The maximum absolute atomic E-state index is 12.6. The van der Waals surface area contributed by atoms with Gasteiger partial charge >= 0.3 is 0 Å². The van der Waals surface area contributed by atoms with Crippen LogP contribution in [0, 0.1) is 0 Å². The first-order valence-electron chi connectivity index (χ1n) is 8.50. The third kappa shape index (κ3) is 3.16. The van der Waals surface area contributed by atoms with Gasteiger partial charge in [-0.1, -0.05) is 0 Å². The molecule has 1 saturated heterocycles. The fourth-order valence-electron chi connectivity index (χ4n) is 3.34. The lowest BCUT2D eigenvalue weighted by Gasteiger charge is -2.28. The van der Waals surface area contributed by atoms with Gasteiger partial charge < -0.3 is 15.0 Å². The molecule has 0 aromatic carbocycles. The molecule has 0 radical (unpaired) electrons. The molecule has 5 nitrogen and oxygen atoms in total. The zero-order chi connectivity index (χ0) is 16.4. The molecule has 1 aliphatic carbocycles. The number of thiophene rings is 1. The van der Waals surface area contributed by atoms with Gasteiger partial charge in [0.25, 0.3) is 5.91 Å². The van der Waals surface area contributed by atoms with E-state index in [0.717, 1.165) is 50.4 Å². The van der Waals surface area contributed by atoms with Crippen LogP contribution in [0.2, 0.25) is 0 Å². The van der Waals surface area contributed by atoms with Crippen molar-refractivity contribution >= 4 is 28.7 Å². The SMILES string of the molecule is O=C(Nc1ccc(N2CCOCC2)cn1)c1csc2c1CCCC2. The number of nitrogens with one attached hydrogen (secondary N) is 1. The number of morpholine rings is 1. The summed E-state index contributed by atoms with van der Waals surface area (Å²) in [6.45, 7) is 3.27. The first kappa shape index (κ1) is 15.6. The minimum Gasteiger partial charge on any atom is -0.378 e. The highest BCUT2D eigenvalue weighted by molar-refractivity contribution is 7.10. The van der Waals surface area contributed by atoms with Gasteiger partial charge in [-0.3, -0.25) is 4.79 Å². The van der Waals surface area contributed by atoms with Crippen LogP contribution in [0.5, 0.6) is 0 Å². The van der Waals surface area contributed by atoms with Crippen molar-refractivity contribution in [3.05, 3.63) is 39.7 Å². The average Bonchev–Trinajstić information content (AvgIpc) is 3.07. The second kappa shape index (κ2) is 6.91. The van der Waals surface area contributed by atoms with E-state index >= 15 is 0 Å². The number of fused-ring (bicyclic) bond motifs is 1. The molecular weight excluding hydrogens is 322 g/mol. The third-order valence-electron chi connectivity index (χ3n) is 4.67. The summed E-state index contributed by atoms with van der Waals surface area (Å²) in [7, 11) is 0. The minimum absolute atomic E-state index is 0.0407. The number of carbonyl (C=O) groups excluding carboxylic acids is 1. The van der Waals surface area contributed by atoms with Gasteiger partial charge in [0.2, 0.25) is 0 Å². The Hall–Kier alpha value is -1.92. The largest absolute Gasteiger partial charge is 0.378 e. The van der Waals surface area contributed by atoms with Crippen molar-refractivity contribution in [3.8, 4) is 0 Å². The summed E-state index contributed by atoms with van der Waals surface area (Å²) in [5, 5.41) is 4.93. The third-order valence-corrected chi connectivity index (χ3v) is 5.76. The van der Waals surface area contributed by atoms with Gasteiger partial charge in [0.15, 0.2) is 0 Å². The van der Waals surface area contributed by atoms with Gasteiger partial charge in [-0.15, -0.1) is 11.3 Å². The van der Waals surface area contributed by atoms with E-state index in [2.05, 4.69) is 15.2 Å². The molecule has 0 spiro atoms. The molecule has 2 aliphatic rings. The Labute approximate surface area is 145 Å². The molecule has 2 aromatic rings. The lowest BCUT2D eigenvalue weighted by Crippen LogP contribution is -2.36. The van der Waals surface area contributed by atoms with E-state index in [-0.39, 0.29) is 5.91 Å². The van der Waals surface area contributed by atoms with Crippen molar-refractivity contribution in [1.29, 1.82) is 0 Å². The van der Waals surface area contributed by atoms with Crippen LogP contribution in [0.3, 0.4) is 0 Å². The molecule has 3 heterocycles. The fraction of sp³-hybridized carbons (Fsp3) is 0.444. The van der Waals surface area contributed by atoms with Gasteiger partial charge in [0, 0.05) is 23.3 Å². The van der Waals surface area contributed by atoms with Crippen molar-refractivity contribution < 1.29 is 9.53 Å². The molecule has 0 bridgehead atoms. The predicted molar refractivity (Wildman–Crippen MR) is 96.2 cm³/mol. The van der Waals surface area contributed by atoms with Crippen LogP contribution in [0.1, 0.15) is 33.6 Å². The number of hydrogen-bond donors (Lipinski definition) is 1. The Morgan fingerprint density at radius 1 is 1.21 bits per heavy atom. The molecule has 1 N–H and O–H groups in total. The second-order valence-electron chi connectivity index (χ2n) is 6.21. The van der Waals surface area contributed by atoms with E-state index in [0.29, 0.717) is 5.82 Å². The predicted octanol–water partition coefficient (Wildman–Crippen LogP) is 3.11. The fourth-order valence-corrected chi connectivity index (χ4v) is 4.46. The minimum atomic E-state index is -0.0407. The van der Waals surface area contributed by atoms with Crippen molar-refractivity contribution in [1.82, 2.24) is 4.98 Å². The normalized spacial score (nSPS) is 17.4. The van der Waals surface area contributed by atoms with Crippen molar-refractivity contribution in [2.75, 3.05) is 36.5 Å². The maximum Gasteiger partial charge on any atom is 0.257 e. The standard InChI is InChI=1S/C18H21N3O2S/c22-18(15-12-24-16-4-2-1-3-14(15)16)20-17-6-5-13(11-19-17)21-7-9-23-10-8-21/h5-6,11-12H,1-4,7-10H2,(H,19,20,22). The summed E-state index contributed by atoms with van der Waals surface area (Å²) in [6, 6.07) is 3.89. The second-order valence-corrected chi connectivity index (χ2v) is 7.18. The lowest BCUT2D eigenvalue weighted by atomic mass is 9.96. The molecule has 1 amide bonds. The molecule has 6 heteroatoms. The summed E-state index contributed by atoms with van der Waals surface area (Å²) in [5.41, 5.74) is 3.15. The van der Waals surface area contributed by atoms with E-state index < -0.39 is 0 Å². The highest BCUT2D eigenvalue weighted by Gasteiger charge is 2.20. The number of amides is 1. The molecule has 0 saturated carbocycles. The molecular formula is C18H21N3O2S. The topological polar surface area (TPSA) is 54.5 Å². The van der Waals surface area contributed by atoms with Crippen LogP contribution in [-0.2, 0) is 17.6 Å². The van der Waals surface area contributed by atoms with Crippen LogP contribution in [0.25, 0.3) is 0 Å². The Bertz CT molecular complexity index is 720. The first-order valence-corrected chi connectivity index (χ1v) is 9.38. The molecule has 2 aromatic heterocycles. The highest BCUT2D eigenvalue weighted by atomic mass is 32.1. The molecule has 126 valence electrons. The van der Waals surface area contributed by atoms with Gasteiger partial charge in [-0.25, -0.2) is 4.98 Å². The number of aryl methyl sites for hydroxylation is 1. The van der Waals surface area contributed by atoms with Crippen LogP contribution in [-0.4, -0.2) is 37.2 Å². The number of rotatable bonds is 3. The summed E-state index contributed by atoms with van der Waals surface area (Å²) < 4.78 is 5.37. The number of anilines is 2. The number of ether oxygens (including phenoxy) is 1. The number of aromatic nitrogens is 1. The Morgan fingerprint density at radius 2 is 2.04 bits per heavy atom. The van der Waals surface area contributed by atoms with Crippen molar-refractivity contribution in [3.63, 3.8) is 0 Å². The first-order chi connectivity index (χ1) is 11.8. The van der Waals surface area contributed by atoms with E-state index in [1.807, 2.05) is 23.7 Å². The van der Waals surface area contributed by atoms with Crippen LogP contribution in [0.15, 0.2) is 23.7 Å². The summed E-state index contributed by atoms with van der Waals surface area (Å²) in [5.74, 6) is 0.564. The van der Waals surface area contributed by atoms with Gasteiger partial charge in [-0.05, 0) is 43.4 Å². The molecule has 1 fully saturated rings. The van der Waals surface area contributed by atoms with Crippen LogP contribution >= 0.6 is 11.3 Å². The van der Waals surface area contributed by atoms with E-state index in [9.17, 15) is 4.79 Å². The van der Waals surface area contributed by atoms with Gasteiger partial charge in [0.05, 0.1) is 30.7 Å². The average molecular weight is 343 g/mol. The van der Waals surface area contributed by atoms with Gasteiger partial charge in [0.1, 0.15) is 5.82 Å². The van der Waals surface area contributed by atoms with Crippen molar-refractivity contribution in [2.24, 2.45) is 0 Å². The Kier molecular flexibility index (Phi) is 4.49. The van der Waals surface area contributed by atoms with E-state index in [4.69, 9.17) is 4.74 Å². The van der Waals surface area contributed by atoms with E-state index in [1.54, 1.807) is 11.3 Å². The highest BCUT2D eigenvalue weighted by Crippen LogP contribution is 2.30. The number of carbonyl (C=O) groups is 1.